The van der Waals surface area contributed by atoms with Gasteiger partial charge in [0, 0.05) is 0 Å². The fraction of sp³-hybridized carbons (Fsp3) is 0. The first kappa shape index (κ1) is 30.6. The van der Waals surface area contributed by atoms with Crippen LogP contribution in [0.15, 0.2) is 206 Å². The third kappa shape index (κ3) is 4.85. The zero-order chi connectivity index (χ0) is 35.6. The van der Waals surface area contributed by atoms with Crippen molar-refractivity contribution in [3.63, 3.8) is 0 Å². The monoisotopic (exact) mass is 682 g/mol. The van der Waals surface area contributed by atoms with Gasteiger partial charge in [0.25, 0.3) is 0 Å². The molecule has 0 aromatic heterocycles. The van der Waals surface area contributed by atoms with E-state index in [9.17, 15) is 0 Å². The van der Waals surface area contributed by atoms with Crippen LogP contribution in [0.4, 0.5) is 0 Å². The quantitative estimate of drug-likeness (QED) is 0.128. The van der Waals surface area contributed by atoms with Crippen molar-refractivity contribution in [3.8, 4) is 44.5 Å². The zero-order valence-electron chi connectivity index (χ0n) is 29.6. The summed E-state index contributed by atoms with van der Waals surface area (Å²) in [4.78, 5) is 0. The van der Waals surface area contributed by atoms with Crippen molar-refractivity contribution in [2.24, 2.45) is 0 Å². The molecule has 0 heterocycles. The summed E-state index contributed by atoms with van der Waals surface area (Å²) in [5.74, 6) is 0. The van der Waals surface area contributed by atoms with Crippen molar-refractivity contribution < 1.29 is 0 Å². The molecule has 0 bridgehead atoms. The van der Waals surface area contributed by atoms with Crippen LogP contribution in [0.5, 0.6) is 0 Å². The summed E-state index contributed by atoms with van der Waals surface area (Å²) in [5.41, 5.74) is 10.1. The van der Waals surface area contributed by atoms with E-state index in [1.54, 1.807) is 0 Å². The van der Waals surface area contributed by atoms with Gasteiger partial charge in [-0.1, -0.05) is 182 Å². The molecule has 250 valence electrons. The van der Waals surface area contributed by atoms with Crippen LogP contribution in [0.1, 0.15) is 0 Å². The molecule has 11 aromatic rings. The maximum atomic E-state index is 2.39. The molecule has 0 unspecified atom stereocenters. The van der Waals surface area contributed by atoms with Gasteiger partial charge in [-0.2, -0.15) is 0 Å². The van der Waals surface area contributed by atoms with E-state index in [0.29, 0.717) is 0 Å². The molecule has 11 rings (SSSR count). The molecule has 0 aliphatic heterocycles. The fourth-order valence-corrected chi connectivity index (χ4v) is 8.90. The third-order valence-electron chi connectivity index (χ3n) is 11.4. The summed E-state index contributed by atoms with van der Waals surface area (Å²) in [6, 6.07) is 76.1. The molecule has 0 N–H and O–H groups in total. The Morgan fingerprint density at radius 3 is 1.28 bits per heavy atom. The molecule has 0 radical (unpaired) electrons. The van der Waals surface area contributed by atoms with Crippen LogP contribution in [0.2, 0.25) is 0 Å². The van der Waals surface area contributed by atoms with E-state index in [1.807, 2.05) is 0 Å². The molecular formula is C54H34. The van der Waals surface area contributed by atoms with Gasteiger partial charge in [0.15, 0.2) is 0 Å². The smallest absolute Gasteiger partial charge is 0.00201 e. The Hall–Kier alpha value is -7.02. The van der Waals surface area contributed by atoms with E-state index in [0.717, 1.165) is 0 Å². The third-order valence-corrected chi connectivity index (χ3v) is 11.4. The molecule has 0 amide bonds. The minimum Gasteiger partial charge on any atom is -0.0622 e. The molecule has 0 aliphatic carbocycles. The Morgan fingerprint density at radius 1 is 0.185 bits per heavy atom. The van der Waals surface area contributed by atoms with Gasteiger partial charge in [-0.3, -0.25) is 0 Å². The van der Waals surface area contributed by atoms with Crippen LogP contribution in [-0.2, 0) is 0 Å². The summed E-state index contributed by atoms with van der Waals surface area (Å²) in [5, 5.41) is 15.2. The molecule has 0 nitrogen and oxygen atoms in total. The highest BCUT2D eigenvalue weighted by Gasteiger charge is 2.18. The molecular weight excluding hydrogens is 649 g/mol. The minimum atomic E-state index is 1.23. The van der Waals surface area contributed by atoms with Crippen molar-refractivity contribution in [2.45, 2.75) is 0 Å². The molecule has 0 aliphatic rings. The van der Waals surface area contributed by atoms with E-state index in [-0.39, 0.29) is 0 Å². The largest absolute Gasteiger partial charge is 0.0622 e. The fourth-order valence-electron chi connectivity index (χ4n) is 8.90. The number of hydrogen-bond donors (Lipinski definition) is 0. The highest BCUT2D eigenvalue weighted by molar-refractivity contribution is 6.24. The molecule has 0 atom stereocenters. The Bertz CT molecular complexity index is 3200. The first-order valence-electron chi connectivity index (χ1n) is 18.8. The Balaban J connectivity index is 1.08. The zero-order valence-corrected chi connectivity index (χ0v) is 29.6. The van der Waals surface area contributed by atoms with Crippen LogP contribution in [0.3, 0.4) is 0 Å². The summed E-state index contributed by atoms with van der Waals surface area (Å²) in [7, 11) is 0. The standard InChI is InChI=1S/C54H34/c1-2-13-36(14-3-1)51-33-37-16-4-5-17-38(37)34-52(51)41-27-29-44-39(31-41)25-26-40-32-42(28-30-45(40)44)53-47-20-8-10-22-49(47)54(50-23-11-9-21-48(50)53)46-24-12-18-35-15-6-7-19-43(35)46/h1-34H. The van der Waals surface area contributed by atoms with Gasteiger partial charge in [-0.05, 0) is 133 Å². The van der Waals surface area contributed by atoms with Gasteiger partial charge in [0.05, 0.1) is 0 Å². The summed E-state index contributed by atoms with van der Waals surface area (Å²) < 4.78 is 0. The molecule has 54 heavy (non-hydrogen) atoms. The first-order chi connectivity index (χ1) is 26.8. The topological polar surface area (TPSA) is 0 Å². The molecule has 0 fully saturated rings. The number of benzene rings is 11. The van der Waals surface area contributed by atoms with Crippen LogP contribution in [0.25, 0.3) is 109 Å². The van der Waals surface area contributed by atoms with Crippen molar-refractivity contribution >= 4 is 64.6 Å². The van der Waals surface area contributed by atoms with Crippen LogP contribution >= 0.6 is 0 Å². The highest BCUT2D eigenvalue weighted by Crippen LogP contribution is 2.46. The Morgan fingerprint density at radius 2 is 0.648 bits per heavy atom. The lowest BCUT2D eigenvalue weighted by Crippen LogP contribution is -1.92. The van der Waals surface area contributed by atoms with Crippen LogP contribution < -0.4 is 0 Å². The molecule has 0 saturated heterocycles. The van der Waals surface area contributed by atoms with E-state index in [1.165, 1.54) is 109 Å². The number of rotatable bonds is 4. The predicted octanol–water partition coefficient (Wildman–Crippen LogP) is 15.3. The van der Waals surface area contributed by atoms with Crippen molar-refractivity contribution in [1.29, 1.82) is 0 Å². The Kier molecular flexibility index (Phi) is 6.97. The second-order valence-electron chi connectivity index (χ2n) is 14.4. The first-order valence-corrected chi connectivity index (χ1v) is 18.8. The molecule has 0 spiro atoms. The number of fused-ring (bicyclic) bond motifs is 7. The van der Waals surface area contributed by atoms with E-state index in [4.69, 9.17) is 0 Å². The summed E-state index contributed by atoms with van der Waals surface area (Å²) in [6.45, 7) is 0. The van der Waals surface area contributed by atoms with E-state index in [2.05, 4.69) is 206 Å². The van der Waals surface area contributed by atoms with Crippen LogP contribution in [0, 0.1) is 0 Å². The van der Waals surface area contributed by atoms with Crippen molar-refractivity contribution in [1.82, 2.24) is 0 Å². The predicted molar refractivity (Wildman–Crippen MR) is 233 cm³/mol. The molecule has 0 heteroatoms. The van der Waals surface area contributed by atoms with Crippen molar-refractivity contribution in [2.75, 3.05) is 0 Å². The lowest BCUT2D eigenvalue weighted by molar-refractivity contribution is 1.62. The minimum absolute atomic E-state index is 1.23. The average molecular weight is 683 g/mol. The highest BCUT2D eigenvalue weighted by atomic mass is 14.2. The van der Waals surface area contributed by atoms with Gasteiger partial charge < -0.3 is 0 Å². The van der Waals surface area contributed by atoms with Gasteiger partial charge >= 0.3 is 0 Å². The lowest BCUT2D eigenvalue weighted by atomic mass is 9.84. The van der Waals surface area contributed by atoms with Crippen LogP contribution in [-0.4, -0.2) is 0 Å². The van der Waals surface area contributed by atoms with Gasteiger partial charge in [0.1, 0.15) is 0 Å². The summed E-state index contributed by atoms with van der Waals surface area (Å²) >= 11 is 0. The maximum absolute atomic E-state index is 2.39. The Labute approximate surface area is 314 Å². The van der Waals surface area contributed by atoms with Gasteiger partial charge in [0.2, 0.25) is 0 Å². The SMILES string of the molecule is c1ccc(-c2cc3ccccc3cc2-c2ccc3c(ccc4cc(-c5c6ccccc6c(-c6cccc7ccccc67)c6ccccc56)ccc43)c2)cc1. The lowest BCUT2D eigenvalue weighted by Gasteiger charge is -2.19. The average Bonchev–Trinajstić information content (AvgIpc) is 3.24. The summed E-state index contributed by atoms with van der Waals surface area (Å²) in [6.07, 6.45) is 0. The van der Waals surface area contributed by atoms with Gasteiger partial charge in [-0.15, -0.1) is 0 Å². The van der Waals surface area contributed by atoms with E-state index < -0.39 is 0 Å². The second kappa shape index (κ2) is 12.3. The maximum Gasteiger partial charge on any atom is -0.00201 e. The van der Waals surface area contributed by atoms with Gasteiger partial charge in [-0.25, -0.2) is 0 Å². The van der Waals surface area contributed by atoms with E-state index >= 15 is 0 Å². The normalized spacial score (nSPS) is 11.7. The molecule has 11 aromatic carbocycles. The molecule has 0 saturated carbocycles. The van der Waals surface area contributed by atoms with Crippen molar-refractivity contribution in [3.05, 3.63) is 206 Å². The number of hydrogen-bond acceptors (Lipinski definition) is 0. The second-order valence-corrected chi connectivity index (χ2v) is 14.4.